The van der Waals surface area contributed by atoms with Crippen LogP contribution in [0.5, 0.6) is 23.0 Å². The van der Waals surface area contributed by atoms with Crippen LogP contribution in [-0.2, 0) is 0 Å². The molecule has 218 valence electrons. The van der Waals surface area contributed by atoms with Gasteiger partial charge in [-0.25, -0.2) is 0 Å². The Balaban J connectivity index is 1.10. The first-order chi connectivity index (χ1) is 20.4. The van der Waals surface area contributed by atoms with Crippen molar-refractivity contribution in [2.75, 3.05) is 40.5 Å². The van der Waals surface area contributed by atoms with Gasteiger partial charge in [0, 0.05) is 44.1 Å². The summed E-state index contributed by atoms with van der Waals surface area (Å²) in [6.45, 7) is 9.74. The van der Waals surface area contributed by atoms with Crippen molar-refractivity contribution < 1.29 is 28.5 Å². The number of fused-ring (bicyclic) bond motifs is 4. The number of ether oxygens (including phenoxy) is 4. The molecule has 0 aliphatic carbocycles. The molecule has 4 aliphatic rings. The second kappa shape index (κ2) is 11.3. The van der Waals surface area contributed by atoms with Gasteiger partial charge in [-0.05, 0) is 30.9 Å². The zero-order valence-electron chi connectivity index (χ0n) is 23.9. The number of hydrogen-bond acceptors (Lipinski definition) is 8. The predicted molar refractivity (Wildman–Crippen MR) is 160 cm³/mol. The average molecular weight is 571 g/mol. The van der Waals surface area contributed by atoms with Gasteiger partial charge in [-0.15, -0.1) is 6.58 Å². The summed E-state index contributed by atoms with van der Waals surface area (Å²) in [5.41, 5.74) is 3.11. The molecule has 0 spiro atoms. The molecule has 3 atom stereocenters. The highest BCUT2D eigenvalue weighted by molar-refractivity contribution is 6.04. The quantitative estimate of drug-likeness (QED) is 0.318. The molecule has 0 bridgehead atoms. The molecule has 0 saturated carbocycles. The van der Waals surface area contributed by atoms with Crippen LogP contribution in [-0.4, -0.2) is 86.6 Å². The van der Waals surface area contributed by atoms with E-state index in [1.807, 2.05) is 17.2 Å². The molecule has 4 aliphatic heterocycles. The van der Waals surface area contributed by atoms with Crippen LogP contribution in [0.2, 0.25) is 0 Å². The Bertz CT molecular complexity index is 1510. The Morgan fingerprint density at radius 2 is 1.43 bits per heavy atom. The molecule has 2 saturated heterocycles. The van der Waals surface area contributed by atoms with E-state index in [1.54, 1.807) is 49.6 Å². The van der Waals surface area contributed by atoms with E-state index >= 15 is 0 Å². The van der Waals surface area contributed by atoms with Gasteiger partial charge in [0.15, 0.2) is 23.0 Å². The second-order valence-corrected chi connectivity index (χ2v) is 10.9. The molecule has 10 heteroatoms. The first kappa shape index (κ1) is 27.6. The van der Waals surface area contributed by atoms with Gasteiger partial charge in [0.2, 0.25) is 0 Å². The number of carbonyl (C=O) groups excluding carboxylic acids is 2. The molecule has 2 aromatic carbocycles. The van der Waals surface area contributed by atoms with Crippen LogP contribution < -0.4 is 18.9 Å². The lowest BCUT2D eigenvalue weighted by atomic mass is 10.1. The number of carbonyl (C=O) groups is 2. The predicted octanol–water partition coefficient (Wildman–Crippen LogP) is 4.77. The monoisotopic (exact) mass is 570 g/mol. The highest BCUT2D eigenvalue weighted by atomic mass is 16.5. The number of methoxy groups -OCH3 is 2. The van der Waals surface area contributed by atoms with Crippen LogP contribution >= 0.6 is 0 Å². The van der Waals surface area contributed by atoms with E-state index in [0.717, 1.165) is 18.4 Å². The number of hydrogen-bond donors (Lipinski definition) is 0. The fourth-order valence-electron chi connectivity index (χ4n) is 5.89. The van der Waals surface area contributed by atoms with Crippen molar-refractivity contribution in [3.63, 3.8) is 0 Å². The smallest absolute Gasteiger partial charge is 0.257 e. The number of aliphatic imine (C=N–C) groups is 2. The van der Waals surface area contributed by atoms with Crippen LogP contribution in [0.3, 0.4) is 0 Å². The first-order valence-electron chi connectivity index (χ1n) is 14.1. The SMILES string of the molecule is C=CC1C[C@H]2C=Nc3cc(OCCCOc4cc5c(cc4OC)C(=O)N4CC(=C)C[C@H]4C=N5)c(OC)cc3C(=O)N2C1. The van der Waals surface area contributed by atoms with Crippen molar-refractivity contribution in [1.82, 2.24) is 9.80 Å². The zero-order chi connectivity index (χ0) is 29.4. The van der Waals surface area contributed by atoms with Crippen LogP contribution in [0, 0.1) is 5.92 Å². The van der Waals surface area contributed by atoms with Crippen molar-refractivity contribution in [2.24, 2.45) is 15.9 Å². The van der Waals surface area contributed by atoms with Crippen LogP contribution in [0.25, 0.3) is 0 Å². The van der Waals surface area contributed by atoms with E-state index < -0.39 is 0 Å². The summed E-state index contributed by atoms with van der Waals surface area (Å²) in [5, 5.41) is 0. The van der Waals surface area contributed by atoms with E-state index in [1.165, 1.54) is 0 Å². The van der Waals surface area contributed by atoms with Crippen molar-refractivity contribution in [3.8, 4) is 23.0 Å². The Morgan fingerprint density at radius 1 is 0.857 bits per heavy atom. The molecule has 2 fully saturated rings. The summed E-state index contributed by atoms with van der Waals surface area (Å²) in [7, 11) is 3.09. The minimum Gasteiger partial charge on any atom is -0.493 e. The molecule has 42 heavy (non-hydrogen) atoms. The standard InChI is InChI=1S/C32H34N4O6/c1-5-20-10-22-16-34-26-14-30(28(40-4)12-24(26)32(38)36(22)18-20)42-8-6-7-41-29-13-25-23(11-27(29)39-3)31(37)35-17-19(2)9-21(35)15-33-25/h5,11-16,20-22H,1-2,6-10,17-18H2,3-4H3/t20?,21-,22-/m0/s1. The number of benzene rings is 2. The second-order valence-electron chi connectivity index (χ2n) is 10.9. The lowest BCUT2D eigenvalue weighted by Crippen LogP contribution is -2.35. The molecular weight excluding hydrogens is 536 g/mol. The topological polar surface area (TPSA) is 102 Å². The van der Waals surface area contributed by atoms with Gasteiger partial charge in [-0.3, -0.25) is 19.6 Å². The molecule has 0 radical (unpaired) electrons. The van der Waals surface area contributed by atoms with Crippen molar-refractivity contribution in [1.29, 1.82) is 0 Å². The number of amides is 2. The molecule has 4 heterocycles. The van der Waals surface area contributed by atoms with E-state index in [9.17, 15) is 9.59 Å². The highest BCUT2D eigenvalue weighted by Crippen LogP contribution is 2.40. The van der Waals surface area contributed by atoms with Crippen LogP contribution in [0.4, 0.5) is 11.4 Å². The van der Waals surface area contributed by atoms with Crippen LogP contribution in [0.1, 0.15) is 40.0 Å². The third kappa shape index (κ3) is 5.01. The normalized spacial score (nSPS) is 22.1. The maximum atomic E-state index is 13.3. The molecule has 6 rings (SSSR count). The maximum absolute atomic E-state index is 13.3. The van der Waals surface area contributed by atoms with Crippen LogP contribution in [0.15, 0.2) is 59.1 Å². The Hall–Kier alpha value is -4.60. The fourth-order valence-corrected chi connectivity index (χ4v) is 5.89. The summed E-state index contributed by atoms with van der Waals surface area (Å²) < 4.78 is 23.2. The summed E-state index contributed by atoms with van der Waals surface area (Å²) in [6.07, 6.45) is 7.64. The van der Waals surface area contributed by atoms with E-state index in [0.29, 0.717) is 78.2 Å². The van der Waals surface area contributed by atoms with E-state index in [2.05, 4.69) is 23.1 Å². The maximum Gasteiger partial charge on any atom is 0.257 e. The minimum atomic E-state index is -0.0912. The number of nitrogens with zero attached hydrogens (tertiary/aromatic N) is 4. The fraction of sp³-hybridized carbons (Fsp3) is 0.375. The molecule has 10 nitrogen and oxygen atoms in total. The molecule has 2 amide bonds. The summed E-state index contributed by atoms with van der Waals surface area (Å²) >= 11 is 0. The molecule has 0 aromatic heterocycles. The highest BCUT2D eigenvalue weighted by Gasteiger charge is 2.37. The summed E-state index contributed by atoms with van der Waals surface area (Å²) in [6, 6.07) is 6.75. The largest absolute Gasteiger partial charge is 0.493 e. The lowest BCUT2D eigenvalue weighted by molar-refractivity contribution is 0.0766. The Kier molecular flexibility index (Phi) is 7.45. The molecule has 0 N–H and O–H groups in total. The van der Waals surface area contributed by atoms with E-state index in [4.69, 9.17) is 18.9 Å². The Labute approximate surface area is 244 Å². The van der Waals surface area contributed by atoms with Gasteiger partial charge in [0.05, 0.1) is 62.0 Å². The zero-order valence-corrected chi connectivity index (χ0v) is 23.9. The van der Waals surface area contributed by atoms with Crippen molar-refractivity contribution >= 4 is 35.6 Å². The molecular formula is C32H34N4O6. The third-order valence-electron chi connectivity index (χ3n) is 8.12. The van der Waals surface area contributed by atoms with Gasteiger partial charge in [0.1, 0.15) is 0 Å². The number of rotatable bonds is 9. The lowest BCUT2D eigenvalue weighted by Gasteiger charge is -2.20. The van der Waals surface area contributed by atoms with Gasteiger partial charge < -0.3 is 28.7 Å². The van der Waals surface area contributed by atoms with Crippen molar-refractivity contribution in [2.45, 2.75) is 31.3 Å². The van der Waals surface area contributed by atoms with E-state index in [-0.39, 0.29) is 29.8 Å². The van der Waals surface area contributed by atoms with Gasteiger partial charge >= 0.3 is 0 Å². The first-order valence-corrected chi connectivity index (χ1v) is 14.1. The molecule has 1 unspecified atom stereocenters. The molecule has 2 aromatic rings. The average Bonchev–Trinajstić information content (AvgIpc) is 3.54. The van der Waals surface area contributed by atoms with Gasteiger partial charge in [0.25, 0.3) is 11.8 Å². The summed E-state index contributed by atoms with van der Waals surface area (Å²) in [5.74, 6) is 2.04. The summed E-state index contributed by atoms with van der Waals surface area (Å²) in [4.78, 5) is 39.3. The Morgan fingerprint density at radius 3 is 2.00 bits per heavy atom. The van der Waals surface area contributed by atoms with Gasteiger partial charge in [-0.1, -0.05) is 18.2 Å². The third-order valence-corrected chi connectivity index (χ3v) is 8.12. The van der Waals surface area contributed by atoms with Gasteiger partial charge in [-0.2, -0.15) is 0 Å². The van der Waals surface area contributed by atoms with Crippen molar-refractivity contribution in [3.05, 3.63) is 60.2 Å². The minimum absolute atomic E-state index is 0.0497.